The fourth-order valence-corrected chi connectivity index (χ4v) is 2.96. The number of benzene rings is 1. The average molecular weight is 313 g/mol. The van der Waals surface area contributed by atoms with Crippen LogP contribution in [0.1, 0.15) is 39.0 Å². The van der Waals surface area contributed by atoms with Crippen molar-refractivity contribution in [3.05, 3.63) is 30.5 Å². The summed E-state index contributed by atoms with van der Waals surface area (Å²) in [7, 11) is 0. The third-order valence-corrected chi connectivity index (χ3v) is 4.35. The molecule has 23 heavy (non-hydrogen) atoms. The number of amides is 1. The molecule has 1 fully saturated rings. The van der Waals surface area contributed by atoms with Crippen LogP contribution in [0.3, 0.4) is 0 Å². The summed E-state index contributed by atoms with van der Waals surface area (Å²) in [6.45, 7) is 3.65. The minimum absolute atomic E-state index is 0.102. The molecule has 1 aromatic heterocycles. The number of piperidine rings is 1. The normalized spacial score (nSPS) is 15.8. The number of rotatable bonds is 5. The Balaban J connectivity index is 1.59. The van der Waals surface area contributed by atoms with Crippen molar-refractivity contribution < 1.29 is 9.53 Å². The molecule has 5 nitrogen and oxygen atoms in total. The molecule has 0 atom stereocenters. The van der Waals surface area contributed by atoms with E-state index in [9.17, 15) is 4.79 Å². The standard InChI is InChI=1S/C18H23N3O2/c1-2-3-8-17(22)21-11-9-15(10-12-21)23-18-16-7-5-4-6-14(16)13-19-20-18/h4-7,13,15H,2-3,8-12H2,1H3. The van der Waals surface area contributed by atoms with Crippen LogP contribution in [0.25, 0.3) is 10.8 Å². The van der Waals surface area contributed by atoms with E-state index in [1.165, 1.54) is 0 Å². The molecule has 0 radical (unpaired) electrons. The van der Waals surface area contributed by atoms with Crippen LogP contribution in [-0.4, -0.2) is 40.2 Å². The van der Waals surface area contributed by atoms with Crippen LogP contribution in [0, 0.1) is 0 Å². The zero-order chi connectivity index (χ0) is 16.1. The zero-order valence-corrected chi connectivity index (χ0v) is 13.6. The van der Waals surface area contributed by atoms with Crippen molar-refractivity contribution >= 4 is 16.7 Å². The SMILES string of the molecule is CCCCC(=O)N1CCC(Oc2nncc3ccccc23)CC1. The van der Waals surface area contributed by atoms with E-state index in [0.29, 0.717) is 12.3 Å². The Kier molecular flexibility index (Phi) is 5.05. The van der Waals surface area contributed by atoms with Gasteiger partial charge in [0.2, 0.25) is 11.8 Å². The van der Waals surface area contributed by atoms with Gasteiger partial charge in [-0.2, -0.15) is 5.10 Å². The maximum atomic E-state index is 12.1. The molecule has 0 bridgehead atoms. The third-order valence-electron chi connectivity index (χ3n) is 4.35. The van der Waals surface area contributed by atoms with Crippen molar-refractivity contribution in [2.24, 2.45) is 0 Å². The lowest BCUT2D eigenvalue weighted by Crippen LogP contribution is -2.41. The molecule has 122 valence electrons. The van der Waals surface area contributed by atoms with Crippen molar-refractivity contribution in [1.29, 1.82) is 0 Å². The molecule has 1 aliphatic heterocycles. The number of aromatic nitrogens is 2. The minimum atomic E-state index is 0.102. The second-order valence-electron chi connectivity index (χ2n) is 6.04. The van der Waals surface area contributed by atoms with Crippen molar-refractivity contribution in [2.45, 2.75) is 45.1 Å². The molecule has 3 rings (SSSR count). The van der Waals surface area contributed by atoms with Gasteiger partial charge in [0.25, 0.3) is 0 Å². The lowest BCUT2D eigenvalue weighted by atomic mass is 10.1. The Hall–Kier alpha value is -2.17. The van der Waals surface area contributed by atoms with Crippen molar-refractivity contribution in [3.8, 4) is 5.88 Å². The second kappa shape index (κ2) is 7.40. The Labute approximate surface area is 136 Å². The maximum Gasteiger partial charge on any atom is 0.241 e. The molecule has 1 amide bonds. The number of carbonyl (C=O) groups excluding carboxylic acids is 1. The quantitative estimate of drug-likeness (QED) is 0.850. The smallest absolute Gasteiger partial charge is 0.241 e. The monoisotopic (exact) mass is 313 g/mol. The van der Waals surface area contributed by atoms with Crippen LogP contribution in [0.5, 0.6) is 5.88 Å². The maximum absolute atomic E-state index is 12.1. The summed E-state index contributed by atoms with van der Waals surface area (Å²) in [5, 5.41) is 10.2. The van der Waals surface area contributed by atoms with Crippen LogP contribution in [0.4, 0.5) is 0 Å². The van der Waals surface area contributed by atoms with E-state index in [-0.39, 0.29) is 12.0 Å². The van der Waals surface area contributed by atoms with Crippen LogP contribution in [0.15, 0.2) is 30.5 Å². The molecule has 0 spiro atoms. The molecule has 2 aromatic rings. The molecular formula is C18H23N3O2. The van der Waals surface area contributed by atoms with Crippen LogP contribution >= 0.6 is 0 Å². The van der Waals surface area contributed by atoms with Crippen LogP contribution in [-0.2, 0) is 4.79 Å². The summed E-state index contributed by atoms with van der Waals surface area (Å²) in [6.07, 6.45) is 6.25. The van der Waals surface area contributed by atoms with Gasteiger partial charge in [0.15, 0.2) is 0 Å². The minimum Gasteiger partial charge on any atom is -0.473 e. The average Bonchev–Trinajstić information content (AvgIpc) is 2.60. The highest BCUT2D eigenvalue weighted by Gasteiger charge is 2.24. The first-order chi connectivity index (χ1) is 11.3. The number of ether oxygens (including phenoxy) is 1. The molecule has 1 aliphatic rings. The van der Waals surface area contributed by atoms with Crippen molar-refractivity contribution in [1.82, 2.24) is 15.1 Å². The molecule has 0 saturated carbocycles. The summed E-state index contributed by atoms with van der Waals surface area (Å²) in [6, 6.07) is 7.97. The lowest BCUT2D eigenvalue weighted by Gasteiger charge is -2.32. The third kappa shape index (κ3) is 3.78. The summed E-state index contributed by atoms with van der Waals surface area (Å²) < 4.78 is 6.07. The number of nitrogens with zero attached hydrogens (tertiary/aromatic N) is 3. The summed E-state index contributed by atoms with van der Waals surface area (Å²) >= 11 is 0. The molecule has 2 heterocycles. The van der Waals surface area contributed by atoms with Crippen LogP contribution < -0.4 is 4.74 Å². The van der Waals surface area contributed by atoms with Gasteiger partial charge in [0, 0.05) is 43.1 Å². The van der Waals surface area contributed by atoms with E-state index >= 15 is 0 Å². The van der Waals surface area contributed by atoms with Gasteiger partial charge >= 0.3 is 0 Å². The van der Waals surface area contributed by atoms with Gasteiger partial charge < -0.3 is 9.64 Å². The van der Waals surface area contributed by atoms with Gasteiger partial charge in [0.05, 0.1) is 6.20 Å². The number of unbranched alkanes of at least 4 members (excludes halogenated alkanes) is 1. The molecule has 0 N–H and O–H groups in total. The highest BCUT2D eigenvalue weighted by molar-refractivity contribution is 5.85. The first-order valence-corrected chi connectivity index (χ1v) is 8.43. The van der Waals surface area contributed by atoms with Gasteiger partial charge in [-0.3, -0.25) is 4.79 Å². The number of carbonyl (C=O) groups is 1. The van der Waals surface area contributed by atoms with Gasteiger partial charge in [-0.15, -0.1) is 5.10 Å². The van der Waals surface area contributed by atoms with Crippen molar-refractivity contribution in [3.63, 3.8) is 0 Å². The number of hydrogen-bond donors (Lipinski definition) is 0. The zero-order valence-electron chi connectivity index (χ0n) is 13.6. The van der Waals surface area contributed by atoms with E-state index in [1.807, 2.05) is 29.2 Å². The number of fused-ring (bicyclic) bond motifs is 1. The van der Waals surface area contributed by atoms with Gasteiger partial charge in [-0.05, 0) is 12.5 Å². The second-order valence-corrected chi connectivity index (χ2v) is 6.04. The fraction of sp³-hybridized carbons (Fsp3) is 0.500. The summed E-state index contributed by atoms with van der Waals surface area (Å²) in [5.74, 6) is 0.870. The van der Waals surface area contributed by atoms with E-state index in [4.69, 9.17) is 4.74 Å². The topological polar surface area (TPSA) is 55.3 Å². The van der Waals surface area contributed by atoms with E-state index in [2.05, 4.69) is 17.1 Å². The Morgan fingerprint density at radius 1 is 1.30 bits per heavy atom. The van der Waals surface area contributed by atoms with Crippen molar-refractivity contribution in [2.75, 3.05) is 13.1 Å². The highest BCUT2D eigenvalue weighted by atomic mass is 16.5. The van der Waals surface area contributed by atoms with E-state index in [1.54, 1.807) is 6.20 Å². The van der Waals surface area contributed by atoms with Gasteiger partial charge in [0.1, 0.15) is 6.10 Å². The number of hydrogen-bond acceptors (Lipinski definition) is 4. The predicted octanol–water partition coefficient (Wildman–Crippen LogP) is 3.19. The molecule has 1 aromatic carbocycles. The molecule has 0 unspecified atom stereocenters. The largest absolute Gasteiger partial charge is 0.473 e. The summed E-state index contributed by atoms with van der Waals surface area (Å²) in [4.78, 5) is 14.0. The van der Waals surface area contributed by atoms with Gasteiger partial charge in [-0.25, -0.2) is 0 Å². The Morgan fingerprint density at radius 3 is 2.87 bits per heavy atom. The molecular weight excluding hydrogens is 290 g/mol. The predicted molar refractivity (Wildman–Crippen MR) is 89.3 cm³/mol. The number of likely N-dealkylation sites (tertiary alicyclic amines) is 1. The van der Waals surface area contributed by atoms with E-state index in [0.717, 1.165) is 49.5 Å². The fourth-order valence-electron chi connectivity index (χ4n) is 2.96. The highest BCUT2D eigenvalue weighted by Crippen LogP contribution is 2.25. The molecule has 0 aliphatic carbocycles. The van der Waals surface area contributed by atoms with E-state index < -0.39 is 0 Å². The molecule has 5 heteroatoms. The Bertz CT molecular complexity index is 661. The Morgan fingerprint density at radius 2 is 2.09 bits per heavy atom. The van der Waals surface area contributed by atoms with Gasteiger partial charge in [-0.1, -0.05) is 31.5 Å². The first kappa shape index (κ1) is 15.7. The lowest BCUT2D eigenvalue weighted by molar-refractivity contribution is -0.133. The van der Waals surface area contributed by atoms with Crippen LogP contribution in [0.2, 0.25) is 0 Å². The first-order valence-electron chi connectivity index (χ1n) is 8.43. The molecule has 1 saturated heterocycles. The summed E-state index contributed by atoms with van der Waals surface area (Å²) in [5.41, 5.74) is 0.